The lowest BCUT2D eigenvalue weighted by Gasteiger charge is -2.42. The standard InChI is InChI=1S/C34H40Cl4N6O4/c1-40-32(45)19-23-4-3-11-44(34(23)47)27-7-12-43(13-8-27)14-9-28(22-5-6-29(37)30(38)18-22)31(41-48-15-10-39)21-42(2)33(46)24-16-25(35)20-26(36)17-24/h5-6,16-18,20,23,27-28H,3-4,7-9,11-15,19,21H2,1-2H3,(H,40,45)/b41-31+. The summed E-state index contributed by atoms with van der Waals surface area (Å²) in [5.41, 5.74) is 1.70. The van der Waals surface area contributed by atoms with Crippen LogP contribution < -0.4 is 5.32 Å². The van der Waals surface area contributed by atoms with Gasteiger partial charge in [0.1, 0.15) is 6.07 Å². The number of likely N-dealkylation sites (tertiary alicyclic amines) is 2. The summed E-state index contributed by atoms with van der Waals surface area (Å²) in [5, 5.41) is 17.6. The Labute approximate surface area is 301 Å². The maximum absolute atomic E-state index is 13.4. The monoisotopic (exact) mass is 736 g/mol. The van der Waals surface area contributed by atoms with Crippen molar-refractivity contribution in [2.75, 3.05) is 53.4 Å². The smallest absolute Gasteiger partial charge is 0.254 e. The van der Waals surface area contributed by atoms with Crippen LogP contribution in [0.1, 0.15) is 60.4 Å². The van der Waals surface area contributed by atoms with Crippen LogP contribution in [0.5, 0.6) is 0 Å². The van der Waals surface area contributed by atoms with E-state index in [9.17, 15) is 14.4 Å². The van der Waals surface area contributed by atoms with Gasteiger partial charge >= 0.3 is 0 Å². The van der Waals surface area contributed by atoms with Gasteiger partial charge in [0, 0.05) is 73.6 Å². The molecule has 2 fully saturated rings. The topological polar surface area (TPSA) is 118 Å². The summed E-state index contributed by atoms with van der Waals surface area (Å²) >= 11 is 25.0. The Morgan fingerprint density at radius 1 is 1.06 bits per heavy atom. The van der Waals surface area contributed by atoms with Gasteiger partial charge < -0.3 is 24.9 Å². The number of benzene rings is 2. The average molecular weight is 739 g/mol. The zero-order valence-electron chi connectivity index (χ0n) is 27.1. The Morgan fingerprint density at radius 2 is 1.77 bits per heavy atom. The molecule has 0 bridgehead atoms. The first-order valence-electron chi connectivity index (χ1n) is 16.0. The highest BCUT2D eigenvalue weighted by Crippen LogP contribution is 2.32. The summed E-state index contributed by atoms with van der Waals surface area (Å²) in [5.74, 6) is -0.923. The van der Waals surface area contributed by atoms with Crippen LogP contribution >= 0.6 is 46.4 Å². The Morgan fingerprint density at radius 3 is 2.42 bits per heavy atom. The van der Waals surface area contributed by atoms with E-state index in [1.165, 1.54) is 4.90 Å². The molecule has 2 heterocycles. The molecule has 258 valence electrons. The highest BCUT2D eigenvalue weighted by Gasteiger charge is 2.36. The lowest BCUT2D eigenvalue weighted by Crippen LogP contribution is -2.52. The minimum absolute atomic E-state index is 0.0833. The van der Waals surface area contributed by atoms with E-state index in [0.717, 1.165) is 50.9 Å². The van der Waals surface area contributed by atoms with Crippen LogP contribution in [0.15, 0.2) is 41.6 Å². The van der Waals surface area contributed by atoms with Crippen molar-refractivity contribution in [3.05, 3.63) is 67.6 Å². The SMILES string of the molecule is CNC(=O)CC1CCCN(C2CCN(CCC(/C(CN(C)C(=O)c3cc(Cl)cc(Cl)c3)=N/OCC#N)c3ccc(Cl)c(Cl)c3)CC2)C1=O. The number of nitrogens with zero attached hydrogens (tertiary/aromatic N) is 5. The number of oxime groups is 1. The molecule has 3 amide bonds. The molecule has 0 radical (unpaired) electrons. The lowest BCUT2D eigenvalue weighted by molar-refractivity contribution is -0.144. The molecule has 2 aliphatic heterocycles. The van der Waals surface area contributed by atoms with Crippen molar-refractivity contribution in [1.29, 1.82) is 5.26 Å². The van der Waals surface area contributed by atoms with Gasteiger partial charge in [-0.3, -0.25) is 14.4 Å². The number of hydrogen-bond donors (Lipinski definition) is 1. The zero-order valence-corrected chi connectivity index (χ0v) is 30.1. The summed E-state index contributed by atoms with van der Waals surface area (Å²) in [7, 11) is 3.24. The Kier molecular flexibility index (Phi) is 14.2. The Balaban J connectivity index is 1.48. The normalized spacial score (nSPS) is 18.3. The number of carbonyl (C=O) groups is 3. The minimum Gasteiger partial charge on any atom is -0.380 e. The number of carbonyl (C=O) groups excluding carboxylic acids is 3. The molecule has 2 aromatic carbocycles. The first-order chi connectivity index (χ1) is 23.0. The maximum Gasteiger partial charge on any atom is 0.254 e. The van der Waals surface area contributed by atoms with E-state index in [1.807, 2.05) is 17.0 Å². The molecule has 0 spiro atoms. The first kappa shape index (κ1) is 37.7. The van der Waals surface area contributed by atoms with Crippen molar-refractivity contribution >= 4 is 69.8 Å². The molecule has 2 aromatic rings. The van der Waals surface area contributed by atoms with Gasteiger partial charge in [0.25, 0.3) is 5.91 Å². The predicted octanol–water partition coefficient (Wildman–Crippen LogP) is 6.28. The van der Waals surface area contributed by atoms with E-state index in [1.54, 1.807) is 44.4 Å². The number of amides is 3. The van der Waals surface area contributed by atoms with Crippen LogP contribution in [0.3, 0.4) is 0 Å². The predicted molar refractivity (Wildman–Crippen MR) is 189 cm³/mol. The number of nitriles is 1. The molecule has 2 atom stereocenters. The third kappa shape index (κ3) is 10.2. The second-order valence-electron chi connectivity index (χ2n) is 12.2. The van der Waals surface area contributed by atoms with Gasteiger partial charge in [-0.25, -0.2) is 0 Å². The van der Waals surface area contributed by atoms with Gasteiger partial charge in [-0.05, 0) is 74.5 Å². The highest BCUT2D eigenvalue weighted by atomic mass is 35.5. The summed E-state index contributed by atoms with van der Waals surface area (Å²) in [4.78, 5) is 49.8. The number of hydrogen-bond acceptors (Lipinski definition) is 7. The summed E-state index contributed by atoms with van der Waals surface area (Å²) in [6.07, 6.45) is 4.15. The number of nitrogens with one attached hydrogen (secondary N) is 1. The maximum atomic E-state index is 13.4. The lowest BCUT2D eigenvalue weighted by atomic mass is 9.89. The second kappa shape index (κ2) is 18.1. The van der Waals surface area contributed by atoms with E-state index in [2.05, 4.69) is 15.4 Å². The molecule has 2 unspecified atom stereocenters. The van der Waals surface area contributed by atoms with Crippen LogP contribution in [-0.4, -0.2) is 97.6 Å². The quantitative estimate of drug-likeness (QED) is 0.147. The van der Waals surface area contributed by atoms with Crippen molar-refractivity contribution in [2.45, 2.75) is 50.5 Å². The van der Waals surface area contributed by atoms with Crippen LogP contribution in [0.2, 0.25) is 20.1 Å². The van der Waals surface area contributed by atoms with Crippen LogP contribution in [0.25, 0.3) is 0 Å². The molecule has 14 heteroatoms. The fourth-order valence-electron chi connectivity index (χ4n) is 6.43. The molecule has 4 rings (SSSR count). The zero-order chi connectivity index (χ0) is 34.8. The van der Waals surface area contributed by atoms with Gasteiger partial charge in [0.15, 0.2) is 0 Å². The van der Waals surface area contributed by atoms with E-state index in [4.69, 9.17) is 56.5 Å². The van der Waals surface area contributed by atoms with Crippen molar-refractivity contribution < 1.29 is 19.2 Å². The average Bonchev–Trinajstić information content (AvgIpc) is 3.06. The molecular weight excluding hydrogens is 698 g/mol. The van der Waals surface area contributed by atoms with Gasteiger partial charge in [0.05, 0.1) is 22.3 Å². The Bertz CT molecular complexity index is 1520. The van der Waals surface area contributed by atoms with E-state index in [-0.39, 0.29) is 55.2 Å². The van der Waals surface area contributed by atoms with Crippen molar-refractivity contribution in [2.24, 2.45) is 11.1 Å². The Hall–Kier alpha value is -3.07. The summed E-state index contributed by atoms with van der Waals surface area (Å²) < 4.78 is 0. The molecule has 2 aliphatic rings. The van der Waals surface area contributed by atoms with E-state index >= 15 is 0 Å². The largest absolute Gasteiger partial charge is 0.380 e. The fourth-order valence-corrected chi connectivity index (χ4v) is 7.27. The molecular formula is C34H40Cl4N6O4. The van der Waals surface area contributed by atoms with Crippen LogP contribution in [0.4, 0.5) is 0 Å². The van der Waals surface area contributed by atoms with Crippen molar-refractivity contribution in [3.63, 3.8) is 0 Å². The molecule has 1 N–H and O–H groups in total. The van der Waals surface area contributed by atoms with Crippen LogP contribution in [0, 0.1) is 17.2 Å². The molecule has 0 aliphatic carbocycles. The third-order valence-electron chi connectivity index (χ3n) is 8.94. The molecule has 2 saturated heterocycles. The molecule has 0 aromatic heterocycles. The third-order valence-corrected chi connectivity index (χ3v) is 10.1. The molecule has 48 heavy (non-hydrogen) atoms. The summed E-state index contributed by atoms with van der Waals surface area (Å²) in [6, 6.07) is 12.1. The second-order valence-corrected chi connectivity index (χ2v) is 13.9. The minimum atomic E-state index is -0.330. The van der Waals surface area contributed by atoms with Crippen LogP contribution in [-0.2, 0) is 14.4 Å². The number of halogens is 4. The van der Waals surface area contributed by atoms with Gasteiger partial charge in [0.2, 0.25) is 18.4 Å². The van der Waals surface area contributed by atoms with Crippen molar-refractivity contribution in [3.8, 4) is 6.07 Å². The fraction of sp³-hybridized carbons (Fsp3) is 0.500. The first-order valence-corrected chi connectivity index (χ1v) is 17.5. The molecule has 0 saturated carbocycles. The van der Waals surface area contributed by atoms with Gasteiger partial charge in [-0.15, -0.1) is 0 Å². The van der Waals surface area contributed by atoms with E-state index in [0.29, 0.717) is 44.3 Å². The molecule has 10 nitrogen and oxygen atoms in total. The van der Waals surface area contributed by atoms with E-state index < -0.39 is 0 Å². The summed E-state index contributed by atoms with van der Waals surface area (Å²) in [6.45, 7) is 2.86. The highest BCUT2D eigenvalue weighted by molar-refractivity contribution is 6.42. The van der Waals surface area contributed by atoms with Gasteiger partial charge in [-0.1, -0.05) is 57.6 Å². The van der Waals surface area contributed by atoms with Gasteiger partial charge in [-0.2, -0.15) is 5.26 Å². The number of rotatable bonds is 13. The number of piperidine rings is 2. The van der Waals surface area contributed by atoms with Crippen molar-refractivity contribution in [1.82, 2.24) is 20.0 Å².